The highest BCUT2D eigenvalue weighted by Crippen LogP contribution is 2.14. The van der Waals surface area contributed by atoms with Crippen molar-refractivity contribution in [2.24, 2.45) is 0 Å². The minimum Gasteiger partial charge on any atom is -0.618 e. The van der Waals surface area contributed by atoms with Crippen LogP contribution in [0.3, 0.4) is 0 Å². The van der Waals surface area contributed by atoms with E-state index < -0.39 is 0 Å². The van der Waals surface area contributed by atoms with E-state index in [-0.39, 0.29) is 11.3 Å². The van der Waals surface area contributed by atoms with Crippen LogP contribution < -0.4 is 10.3 Å². The number of nitrogens with zero attached hydrogens (tertiary/aromatic N) is 1. The van der Waals surface area contributed by atoms with E-state index in [9.17, 15) is 10.0 Å². The van der Waals surface area contributed by atoms with Gasteiger partial charge in [-0.2, -0.15) is 4.73 Å². The Morgan fingerprint density at radius 2 is 1.84 bits per heavy atom. The average molecular weight is 252 g/mol. The van der Waals surface area contributed by atoms with Gasteiger partial charge >= 0.3 is 5.56 Å². The molecule has 1 N–H and O–H groups in total. The molecule has 0 amide bonds. The van der Waals surface area contributed by atoms with Gasteiger partial charge in [0.1, 0.15) is 5.52 Å². The Morgan fingerprint density at radius 3 is 2.58 bits per heavy atom. The van der Waals surface area contributed by atoms with Gasteiger partial charge < -0.3 is 10.2 Å². The Bertz CT molecular complexity index is 807. The zero-order valence-electron chi connectivity index (χ0n) is 10.4. The lowest BCUT2D eigenvalue weighted by molar-refractivity contribution is -0.566. The lowest BCUT2D eigenvalue weighted by Crippen LogP contribution is -2.37. The number of aromatic nitrogens is 2. The summed E-state index contributed by atoms with van der Waals surface area (Å²) in [5.74, 6) is 0. The third-order valence-corrected chi connectivity index (χ3v) is 3.09. The summed E-state index contributed by atoms with van der Waals surface area (Å²) >= 11 is 0. The number of fused-ring (bicyclic) bond motifs is 1. The first-order chi connectivity index (χ1) is 9.16. The topological polar surface area (TPSA) is 59.8 Å². The molecule has 1 aromatic heterocycles. The average Bonchev–Trinajstić information content (AvgIpc) is 2.41. The third kappa shape index (κ3) is 1.87. The van der Waals surface area contributed by atoms with Gasteiger partial charge in [-0.15, -0.1) is 0 Å². The molecule has 0 aliphatic rings. The largest absolute Gasteiger partial charge is 0.618 e. The summed E-state index contributed by atoms with van der Waals surface area (Å²) < 4.78 is 0.705. The van der Waals surface area contributed by atoms with Crippen LogP contribution in [0.1, 0.15) is 5.56 Å². The maximum absolute atomic E-state index is 12.4. The summed E-state index contributed by atoms with van der Waals surface area (Å²) in [6.07, 6.45) is 0. The summed E-state index contributed by atoms with van der Waals surface area (Å²) in [5, 5.41) is 12.4. The van der Waals surface area contributed by atoms with Crippen LogP contribution in [0.25, 0.3) is 22.3 Å². The maximum Gasteiger partial charge on any atom is 0.322 e. The van der Waals surface area contributed by atoms with Gasteiger partial charge in [0, 0.05) is 6.07 Å². The van der Waals surface area contributed by atoms with E-state index >= 15 is 0 Å². The summed E-state index contributed by atoms with van der Waals surface area (Å²) in [5.41, 5.74) is 2.35. The highest BCUT2D eigenvalue weighted by Gasteiger charge is 2.17. The molecule has 4 heteroatoms. The molecule has 0 aliphatic heterocycles. The highest BCUT2D eigenvalue weighted by atomic mass is 16.5. The molecule has 1 heterocycles. The number of nitrogens with one attached hydrogen (secondary N) is 1. The maximum atomic E-state index is 12.4. The van der Waals surface area contributed by atoms with E-state index in [1.807, 2.05) is 19.1 Å². The molecule has 2 aromatic carbocycles. The van der Waals surface area contributed by atoms with Crippen LogP contribution in [-0.2, 0) is 0 Å². The van der Waals surface area contributed by atoms with Crippen LogP contribution in [0.2, 0.25) is 0 Å². The van der Waals surface area contributed by atoms with E-state index in [2.05, 4.69) is 4.98 Å². The Morgan fingerprint density at radius 1 is 1.11 bits per heavy atom. The number of aryl methyl sites for hydroxylation is 1. The van der Waals surface area contributed by atoms with Crippen LogP contribution in [0.4, 0.5) is 0 Å². The molecular weight excluding hydrogens is 240 g/mol. The zero-order valence-corrected chi connectivity index (χ0v) is 10.4. The molecule has 0 aliphatic carbocycles. The number of H-pyrrole nitrogens is 1. The molecule has 4 nitrogen and oxygen atoms in total. The molecule has 0 atom stereocenters. The summed E-state index contributed by atoms with van der Waals surface area (Å²) in [4.78, 5) is 14.8. The first-order valence-electron chi connectivity index (χ1n) is 5.98. The molecule has 3 aromatic rings. The monoisotopic (exact) mass is 252 g/mol. The van der Waals surface area contributed by atoms with Crippen molar-refractivity contribution in [3.05, 3.63) is 69.7 Å². The molecule has 94 valence electrons. The lowest BCUT2D eigenvalue weighted by atomic mass is 10.1. The fourth-order valence-corrected chi connectivity index (χ4v) is 2.15. The molecule has 0 saturated heterocycles. The van der Waals surface area contributed by atoms with Crippen molar-refractivity contribution in [2.75, 3.05) is 0 Å². The predicted molar refractivity (Wildman–Crippen MR) is 73.7 cm³/mol. The Kier molecular flexibility index (Phi) is 2.56. The second-order valence-electron chi connectivity index (χ2n) is 4.48. The first-order valence-corrected chi connectivity index (χ1v) is 5.98. The van der Waals surface area contributed by atoms with Gasteiger partial charge in [0.25, 0.3) is 5.69 Å². The van der Waals surface area contributed by atoms with E-state index in [1.54, 1.807) is 36.4 Å². The predicted octanol–water partition coefficient (Wildman–Crippen LogP) is 2.14. The van der Waals surface area contributed by atoms with Gasteiger partial charge in [0.2, 0.25) is 5.52 Å². The minimum atomic E-state index is -0.377. The number of rotatable bonds is 1. The summed E-state index contributed by atoms with van der Waals surface area (Å²) in [6.45, 7) is 1.91. The molecule has 0 saturated carbocycles. The van der Waals surface area contributed by atoms with Crippen molar-refractivity contribution in [3.63, 3.8) is 0 Å². The van der Waals surface area contributed by atoms with Crippen LogP contribution in [0.15, 0.2) is 53.3 Å². The molecule has 0 spiro atoms. The van der Waals surface area contributed by atoms with Gasteiger partial charge in [-0.3, -0.25) is 4.79 Å². The summed E-state index contributed by atoms with van der Waals surface area (Å²) in [7, 11) is 0. The van der Waals surface area contributed by atoms with E-state index in [0.29, 0.717) is 21.3 Å². The van der Waals surface area contributed by atoms with Gasteiger partial charge in [-0.05, 0) is 30.7 Å². The van der Waals surface area contributed by atoms with Gasteiger partial charge in [-0.1, -0.05) is 24.3 Å². The number of hydrogen-bond donors (Lipinski definition) is 1. The van der Waals surface area contributed by atoms with E-state index in [0.717, 1.165) is 5.56 Å². The van der Waals surface area contributed by atoms with Crippen LogP contribution >= 0.6 is 0 Å². The molecule has 0 radical (unpaired) electrons. The fourth-order valence-electron chi connectivity index (χ4n) is 2.15. The first kappa shape index (κ1) is 11.5. The second kappa shape index (κ2) is 4.24. The van der Waals surface area contributed by atoms with Crippen molar-refractivity contribution in [2.45, 2.75) is 6.92 Å². The van der Waals surface area contributed by atoms with Crippen LogP contribution in [0, 0.1) is 12.1 Å². The minimum absolute atomic E-state index is 0.124. The fraction of sp³-hybridized carbons (Fsp3) is 0.0667. The Balaban J connectivity index is 2.40. The lowest BCUT2D eigenvalue weighted by Gasteiger charge is -2.07. The van der Waals surface area contributed by atoms with Gasteiger partial charge in [0.05, 0.1) is 5.56 Å². The molecular formula is C15H12N2O2. The number of benzene rings is 2. The van der Waals surface area contributed by atoms with Gasteiger partial charge in [0.15, 0.2) is 0 Å². The van der Waals surface area contributed by atoms with Crippen LogP contribution in [0.5, 0.6) is 0 Å². The standard InChI is InChI=1S/C15H12N2O2/c1-10-7-8-12-13(9-10)17(19)14(15(18)16-12)11-5-3-2-4-6-11/h2-9H,1H3,(H,16,18). The van der Waals surface area contributed by atoms with E-state index in [4.69, 9.17) is 0 Å². The number of hydrogen-bond acceptors (Lipinski definition) is 2. The second-order valence-corrected chi connectivity index (χ2v) is 4.48. The SMILES string of the molecule is Cc1ccc2[nH]c(=O)c(-c3ccccc3)[n+]([O-])c2c1. The smallest absolute Gasteiger partial charge is 0.322 e. The molecule has 19 heavy (non-hydrogen) atoms. The third-order valence-electron chi connectivity index (χ3n) is 3.09. The van der Waals surface area contributed by atoms with E-state index in [1.165, 1.54) is 0 Å². The van der Waals surface area contributed by atoms with Crippen LogP contribution in [-0.4, -0.2) is 4.98 Å². The zero-order chi connectivity index (χ0) is 13.4. The molecule has 0 unspecified atom stereocenters. The number of aromatic amines is 1. The van der Waals surface area contributed by atoms with Crippen molar-refractivity contribution in [1.82, 2.24) is 4.98 Å². The molecule has 0 bridgehead atoms. The van der Waals surface area contributed by atoms with Crippen molar-refractivity contribution in [1.29, 1.82) is 0 Å². The molecule has 0 fully saturated rings. The van der Waals surface area contributed by atoms with Gasteiger partial charge in [-0.25, -0.2) is 0 Å². The summed E-state index contributed by atoms with van der Waals surface area (Å²) in [6, 6.07) is 14.3. The normalized spacial score (nSPS) is 10.8. The quantitative estimate of drug-likeness (QED) is 0.533. The van der Waals surface area contributed by atoms with Crippen molar-refractivity contribution < 1.29 is 4.73 Å². The Labute approximate surface area is 109 Å². The highest BCUT2D eigenvalue weighted by molar-refractivity contribution is 5.73. The van der Waals surface area contributed by atoms with Crippen molar-refractivity contribution >= 4 is 11.0 Å². The van der Waals surface area contributed by atoms with Crippen molar-refractivity contribution in [3.8, 4) is 11.3 Å². The molecule has 3 rings (SSSR count). The Hall–Kier alpha value is -2.62.